The monoisotopic (exact) mass is 314 g/mol. The van der Waals surface area contributed by atoms with Crippen molar-refractivity contribution < 1.29 is 0 Å². The van der Waals surface area contributed by atoms with E-state index in [1.54, 1.807) is 0 Å². The van der Waals surface area contributed by atoms with Crippen LogP contribution in [0.2, 0.25) is 0 Å². The molecule has 0 heterocycles. The van der Waals surface area contributed by atoms with E-state index >= 15 is 0 Å². The third-order valence-electron chi connectivity index (χ3n) is 5.24. The molecule has 2 atom stereocenters. The van der Waals surface area contributed by atoms with E-state index in [1.807, 2.05) is 0 Å². The lowest BCUT2D eigenvalue weighted by atomic mass is 9.59. The molecule has 1 aliphatic rings. The van der Waals surface area contributed by atoms with E-state index < -0.39 is 0 Å². The Hall–Kier alpha value is -1.12. The first-order valence-corrected chi connectivity index (χ1v) is 8.80. The van der Waals surface area contributed by atoms with Gasteiger partial charge in [0, 0.05) is 18.0 Å². The zero-order valence-electron chi connectivity index (χ0n) is 15.5. The van der Waals surface area contributed by atoms with E-state index in [2.05, 4.69) is 71.0 Å². The quantitative estimate of drug-likeness (QED) is 0.814. The Morgan fingerprint density at radius 2 is 1.78 bits per heavy atom. The smallest absolute Gasteiger partial charge is 0.0264 e. The highest BCUT2D eigenvalue weighted by Crippen LogP contribution is 2.49. The van der Waals surface area contributed by atoms with E-state index in [9.17, 15) is 0 Å². The highest BCUT2D eigenvalue weighted by molar-refractivity contribution is 5.28. The minimum Gasteiger partial charge on any atom is -0.330 e. The Kier molecular flexibility index (Phi) is 5.08. The van der Waals surface area contributed by atoms with E-state index in [1.165, 1.54) is 11.1 Å². The molecule has 0 bridgehead atoms. The van der Waals surface area contributed by atoms with Crippen LogP contribution in [0.25, 0.3) is 0 Å². The lowest BCUT2D eigenvalue weighted by molar-refractivity contribution is 0.145. The van der Waals surface area contributed by atoms with Gasteiger partial charge in [0.25, 0.3) is 0 Å². The van der Waals surface area contributed by atoms with Crippen molar-refractivity contribution in [1.82, 2.24) is 0 Å². The third-order valence-corrected chi connectivity index (χ3v) is 5.24. The minimum absolute atomic E-state index is 0.00905. The molecule has 2 unspecified atom stereocenters. The molecule has 23 heavy (non-hydrogen) atoms. The molecule has 1 aromatic carbocycles. The summed E-state index contributed by atoms with van der Waals surface area (Å²) in [5, 5.41) is 0. The summed E-state index contributed by atoms with van der Waals surface area (Å²) in [5.41, 5.74) is 15.8. The van der Waals surface area contributed by atoms with Gasteiger partial charge >= 0.3 is 0 Å². The van der Waals surface area contributed by atoms with Gasteiger partial charge in [0.2, 0.25) is 0 Å². The molecule has 0 amide bonds. The van der Waals surface area contributed by atoms with Crippen molar-refractivity contribution in [2.75, 3.05) is 6.54 Å². The maximum absolute atomic E-state index is 6.58. The molecule has 1 aromatic rings. The summed E-state index contributed by atoms with van der Waals surface area (Å²) in [6, 6.07) is 10.8. The lowest BCUT2D eigenvalue weighted by Gasteiger charge is -2.48. The van der Waals surface area contributed by atoms with Crippen molar-refractivity contribution >= 4 is 0 Å². The maximum atomic E-state index is 6.58. The Bertz CT molecular complexity index is 556. The van der Waals surface area contributed by atoms with Gasteiger partial charge in [-0.3, -0.25) is 0 Å². The first-order valence-electron chi connectivity index (χ1n) is 8.80. The molecule has 0 spiro atoms. The number of hydrogen-bond acceptors (Lipinski definition) is 2. The topological polar surface area (TPSA) is 52.0 Å². The zero-order chi connectivity index (χ0) is 17.3. The molecule has 1 fully saturated rings. The summed E-state index contributed by atoms with van der Waals surface area (Å²) in [6.07, 6.45) is 5.59. The Morgan fingerprint density at radius 1 is 1.17 bits per heavy atom. The van der Waals surface area contributed by atoms with Crippen LogP contribution >= 0.6 is 0 Å². The van der Waals surface area contributed by atoms with Crippen LogP contribution in [-0.4, -0.2) is 12.6 Å². The second-order valence-electron chi connectivity index (χ2n) is 9.17. The average Bonchev–Trinajstić information content (AvgIpc) is 2.43. The SMILES string of the molecule is CC(C)(C=C1C(N)CC(C)(C)CC1(C)CN)Cc1ccccc1. The van der Waals surface area contributed by atoms with Gasteiger partial charge in [0.1, 0.15) is 0 Å². The van der Waals surface area contributed by atoms with Crippen LogP contribution in [0.3, 0.4) is 0 Å². The standard InChI is InChI=1S/C21H34N2/c1-19(2,11-16-9-7-6-8-10-16)12-17-18(23)13-20(3,4)14-21(17,5)15-22/h6-10,12,18H,11,13-15,22-23H2,1-5H3. The van der Waals surface area contributed by atoms with Gasteiger partial charge in [-0.05, 0) is 41.2 Å². The largest absolute Gasteiger partial charge is 0.330 e. The number of hydrogen-bond donors (Lipinski definition) is 2. The highest BCUT2D eigenvalue weighted by atomic mass is 14.7. The molecule has 2 nitrogen and oxygen atoms in total. The predicted molar refractivity (Wildman–Crippen MR) is 100 cm³/mol. The summed E-state index contributed by atoms with van der Waals surface area (Å²) >= 11 is 0. The molecule has 0 saturated heterocycles. The lowest BCUT2D eigenvalue weighted by Crippen LogP contribution is -2.48. The Morgan fingerprint density at radius 3 is 2.35 bits per heavy atom. The van der Waals surface area contributed by atoms with E-state index in [-0.39, 0.29) is 22.3 Å². The molecule has 1 saturated carbocycles. The molecule has 128 valence electrons. The highest BCUT2D eigenvalue weighted by Gasteiger charge is 2.43. The van der Waals surface area contributed by atoms with Gasteiger partial charge in [-0.1, -0.05) is 71.0 Å². The second kappa shape index (κ2) is 6.41. The van der Waals surface area contributed by atoms with Gasteiger partial charge in [-0.25, -0.2) is 0 Å². The first-order chi connectivity index (χ1) is 10.6. The molecule has 2 rings (SSSR count). The molecule has 4 N–H and O–H groups in total. The van der Waals surface area contributed by atoms with Crippen LogP contribution in [0.15, 0.2) is 42.0 Å². The fraction of sp³-hybridized carbons (Fsp3) is 0.619. The first kappa shape index (κ1) is 18.2. The van der Waals surface area contributed by atoms with E-state index in [4.69, 9.17) is 11.5 Å². The second-order valence-corrected chi connectivity index (χ2v) is 9.17. The van der Waals surface area contributed by atoms with Crippen LogP contribution < -0.4 is 11.5 Å². The zero-order valence-corrected chi connectivity index (χ0v) is 15.5. The summed E-state index contributed by atoms with van der Waals surface area (Å²) < 4.78 is 0. The average molecular weight is 315 g/mol. The molecule has 1 aliphatic carbocycles. The van der Waals surface area contributed by atoms with E-state index in [0.29, 0.717) is 6.54 Å². The van der Waals surface area contributed by atoms with Gasteiger partial charge in [0.15, 0.2) is 0 Å². The maximum Gasteiger partial charge on any atom is 0.0264 e. The fourth-order valence-electron chi connectivity index (χ4n) is 4.45. The van der Waals surface area contributed by atoms with Crippen molar-refractivity contribution in [1.29, 1.82) is 0 Å². The number of benzene rings is 1. The molecular formula is C21H34N2. The normalized spacial score (nSPS) is 29.7. The van der Waals surface area contributed by atoms with Crippen molar-refractivity contribution in [3.05, 3.63) is 47.5 Å². The fourth-order valence-corrected chi connectivity index (χ4v) is 4.45. The summed E-state index contributed by atoms with van der Waals surface area (Å²) in [5.74, 6) is 0. The van der Waals surface area contributed by atoms with Gasteiger partial charge in [-0.15, -0.1) is 0 Å². The molecule has 2 heteroatoms. The van der Waals surface area contributed by atoms with Crippen molar-refractivity contribution in [2.45, 2.75) is 59.9 Å². The third kappa shape index (κ3) is 4.45. The predicted octanol–water partition coefficient (Wildman–Crippen LogP) is 4.29. The summed E-state index contributed by atoms with van der Waals surface area (Å²) in [4.78, 5) is 0. The van der Waals surface area contributed by atoms with Crippen molar-refractivity contribution in [3.63, 3.8) is 0 Å². The number of nitrogens with two attached hydrogens (primary N) is 2. The van der Waals surface area contributed by atoms with Crippen LogP contribution in [-0.2, 0) is 6.42 Å². The van der Waals surface area contributed by atoms with Crippen molar-refractivity contribution in [3.8, 4) is 0 Å². The van der Waals surface area contributed by atoms with E-state index in [0.717, 1.165) is 19.3 Å². The minimum atomic E-state index is 0.00905. The molecule has 0 aliphatic heterocycles. The number of allylic oxidation sites excluding steroid dienone is 1. The van der Waals surface area contributed by atoms with Crippen LogP contribution in [0.1, 0.15) is 53.0 Å². The Labute approximate surface area is 142 Å². The number of rotatable bonds is 4. The summed E-state index contributed by atoms with van der Waals surface area (Å²) in [6.45, 7) is 12.2. The van der Waals surface area contributed by atoms with Crippen molar-refractivity contribution in [2.24, 2.45) is 27.7 Å². The van der Waals surface area contributed by atoms with Gasteiger partial charge in [-0.2, -0.15) is 0 Å². The van der Waals surface area contributed by atoms with Gasteiger partial charge in [0.05, 0.1) is 0 Å². The Balaban J connectivity index is 2.31. The molecule has 0 aromatic heterocycles. The van der Waals surface area contributed by atoms with Crippen LogP contribution in [0.4, 0.5) is 0 Å². The molecular weight excluding hydrogens is 280 g/mol. The van der Waals surface area contributed by atoms with Gasteiger partial charge < -0.3 is 11.5 Å². The van der Waals surface area contributed by atoms with Crippen LogP contribution in [0.5, 0.6) is 0 Å². The van der Waals surface area contributed by atoms with Crippen LogP contribution in [0, 0.1) is 16.2 Å². The summed E-state index contributed by atoms with van der Waals surface area (Å²) in [7, 11) is 0. The molecule has 0 radical (unpaired) electrons.